The van der Waals surface area contributed by atoms with Crippen LogP contribution < -0.4 is 4.90 Å². The molecule has 2 rings (SSSR count). The Morgan fingerprint density at radius 2 is 1.94 bits per heavy atom. The van der Waals surface area contributed by atoms with E-state index in [9.17, 15) is 13.2 Å². The van der Waals surface area contributed by atoms with Gasteiger partial charge in [-0.15, -0.1) is 11.3 Å². The van der Waals surface area contributed by atoms with E-state index in [2.05, 4.69) is 4.98 Å². The summed E-state index contributed by atoms with van der Waals surface area (Å²) >= 11 is 1.09. The molecule has 1 aliphatic heterocycles. The Kier molecular flexibility index (Phi) is 3.07. The van der Waals surface area contributed by atoms with E-state index >= 15 is 0 Å². The van der Waals surface area contributed by atoms with E-state index in [-0.39, 0.29) is 4.88 Å². The first kappa shape index (κ1) is 11.7. The van der Waals surface area contributed by atoms with E-state index in [0.717, 1.165) is 11.3 Å². The minimum Gasteiger partial charge on any atom is -0.378 e. The van der Waals surface area contributed by atoms with E-state index in [1.807, 2.05) is 4.90 Å². The molecule has 90 valence electrons. The van der Waals surface area contributed by atoms with Crippen LogP contribution in [0.15, 0.2) is 0 Å². The number of anilines is 1. The number of hydrogen-bond donors (Lipinski definition) is 0. The SMILES string of the molecule is Cc1sc(N2CCOCC2)nc1C(F)(F)F. The normalized spacial score (nSPS) is 17.9. The second kappa shape index (κ2) is 4.21. The van der Waals surface area contributed by atoms with Crippen molar-refractivity contribution in [3.63, 3.8) is 0 Å². The van der Waals surface area contributed by atoms with Crippen molar-refractivity contribution >= 4 is 16.5 Å². The molecule has 16 heavy (non-hydrogen) atoms. The Morgan fingerprint density at radius 3 is 2.44 bits per heavy atom. The van der Waals surface area contributed by atoms with Crippen LogP contribution in [0.25, 0.3) is 0 Å². The molecule has 0 aromatic carbocycles. The molecule has 0 radical (unpaired) electrons. The van der Waals surface area contributed by atoms with Gasteiger partial charge in [0.2, 0.25) is 0 Å². The van der Waals surface area contributed by atoms with Gasteiger partial charge in [0.15, 0.2) is 10.8 Å². The molecule has 1 aromatic heterocycles. The first-order valence-corrected chi connectivity index (χ1v) is 5.67. The van der Waals surface area contributed by atoms with Crippen LogP contribution in [0.3, 0.4) is 0 Å². The van der Waals surface area contributed by atoms with Crippen molar-refractivity contribution in [2.24, 2.45) is 0 Å². The van der Waals surface area contributed by atoms with Gasteiger partial charge in [-0.05, 0) is 6.92 Å². The number of nitrogens with zero attached hydrogens (tertiary/aromatic N) is 2. The number of halogens is 3. The molecule has 0 bridgehead atoms. The molecule has 3 nitrogen and oxygen atoms in total. The summed E-state index contributed by atoms with van der Waals surface area (Å²) in [6.45, 7) is 3.74. The van der Waals surface area contributed by atoms with Gasteiger partial charge in [0.25, 0.3) is 0 Å². The number of hydrogen-bond acceptors (Lipinski definition) is 4. The van der Waals surface area contributed by atoms with Crippen LogP contribution in [0.1, 0.15) is 10.6 Å². The van der Waals surface area contributed by atoms with Gasteiger partial charge >= 0.3 is 6.18 Å². The van der Waals surface area contributed by atoms with Gasteiger partial charge in [0.05, 0.1) is 13.2 Å². The average Bonchev–Trinajstić information content (AvgIpc) is 2.61. The van der Waals surface area contributed by atoms with Crippen molar-refractivity contribution in [2.45, 2.75) is 13.1 Å². The van der Waals surface area contributed by atoms with Crippen LogP contribution in [-0.4, -0.2) is 31.3 Å². The molecule has 1 aliphatic rings. The number of ether oxygens (including phenoxy) is 1. The topological polar surface area (TPSA) is 25.4 Å². The van der Waals surface area contributed by atoms with Gasteiger partial charge in [0.1, 0.15) is 0 Å². The molecular weight excluding hydrogens is 241 g/mol. The van der Waals surface area contributed by atoms with E-state index in [1.54, 1.807) is 0 Å². The number of aromatic nitrogens is 1. The second-order valence-corrected chi connectivity index (χ2v) is 4.68. The summed E-state index contributed by atoms with van der Waals surface area (Å²) in [6, 6.07) is 0. The van der Waals surface area contributed by atoms with Crippen LogP contribution in [-0.2, 0) is 10.9 Å². The van der Waals surface area contributed by atoms with Crippen LogP contribution in [0, 0.1) is 6.92 Å². The third-order valence-corrected chi connectivity index (χ3v) is 3.37. The average molecular weight is 252 g/mol. The summed E-state index contributed by atoms with van der Waals surface area (Å²) in [5.74, 6) is 0. The highest BCUT2D eigenvalue weighted by molar-refractivity contribution is 7.15. The Morgan fingerprint density at radius 1 is 1.31 bits per heavy atom. The second-order valence-electron chi connectivity index (χ2n) is 3.50. The highest BCUT2D eigenvalue weighted by atomic mass is 32.1. The number of rotatable bonds is 1. The molecular formula is C9H11F3N2OS. The van der Waals surface area contributed by atoms with E-state index in [0.29, 0.717) is 31.4 Å². The molecule has 0 spiro atoms. The maximum Gasteiger partial charge on any atom is 0.434 e. The van der Waals surface area contributed by atoms with Crippen LogP contribution in [0.4, 0.5) is 18.3 Å². The molecule has 0 atom stereocenters. The Hall–Kier alpha value is -0.820. The molecule has 0 unspecified atom stereocenters. The fourth-order valence-corrected chi connectivity index (χ4v) is 2.52. The fraction of sp³-hybridized carbons (Fsp3) is 0.667. The molecule has 1 fully saturated rings. The number of aryl methyl sites for hydroxylation is 1. The number of thiazole rings is 1. The lowest BCUT2D eigenvalue weighted by Gasteiger charge is -2.26. The standard InChI is InChI=1S/C9H11F3N2OS/c1-6-7(9(10,11)12)13-8(16-6)14-2-4-15-5-3-14/h2-5H2,1H3. The molecule has 1 aromatic rings. The van der Waals surface area contributed by atoms with Crippen LogP contribution in [0.2, 0.25) is 0 Å². The molecule has 0 N–H and O–H groups in total. The highest BCUT2D eigenvalue weighted by Crippen LogP contribution is 2.36. The lowest BCUT2D eigenvalue weighted by molar-refractivity contribution is -0.141. The minimum atomic E-state index is -4.36. The zero-order valence-electron chi connectivity index (χ0n) is 8.67. The lowest BCUT2D eigenvalue weighted by Crippen LogP contribution is -2.36. The van der Waals surface area contributed by atoms with Gasteiger partial charge in [-0.2, -0.15) is 13.2 Å². The van der Waals surface area contributed by atoms with E-state index in [4.69, 9.17) is 4.74 Å². The Labute approximate surface area is 94.8 Å². The monoisotopic (exact) mass is 252 g/mol. The molecule has 2 heterocycles. The maximum absolute atomic E-state index is 12.5. The van der Waals surface area contributed by atoms with Gasteiger partial charge in [-0.1, -0.05) is 0 Å². The quantitative estimate of drug-likeness (QED) is 0.767. The zero-order chi connectivity index (χ0) is 11.8. The van der Waals surface area contributed by atoms with Crippen LogP contribution in [0.5, 0.6) is 0 Å². The first-order valence-electron chi connectivity index (χ1n) is 4.86. The highest BCUT2D eigenvalue weighted by Gasteiger charge is 2.36. The van der Waals surface area contributed by atoms with Gasteiger partial charge in [-0.25, -0.2) is 4.98 Å². The van der Waals surface area contributed by atoms with Crippen LogP contribution >= 0.6 is 11.3 Å². The summed E-state index contributed by atoms with van der Waals surface area (Å²) in [6.07, 6.45) is -4.36. The summed E-state index contributed by atoms with van der Waals surface area (Å²) in [5.41, 5.74) is -0.765. The molecule has 0 aliphatic carbocycles. The van der Waals surface area contributed by atoms with E-state index in [1.165, 1.54) is 6.92 Å². The Balaban J connectivity index is 2.23. The summed E-state index contributed by atoms with van der Waals surface area (Å²) in [5, 5.41) is 0.438. The summed E-state index contributed by atoms with van der Waals surface area (Å²) in [7, 11) is 0. The fourth-order valence-electron chi connectivity index (χ4n) is 1.54. The van der Waals surface area contributed by atoms with E-state index < -0.39 is 11.9 Å². The zero-order valence-corrected chi connectivity index (χ0v) is 9.49. The summed E-state index contributed by atoms with van der Waals surface area (Å²) in [4.78, 5) is 5.72. The third-order valence-electron chi connectivity index (χ3n) is 2.34. The molecule has 0 saturated carbocycles. The molecule has 7 heteroatoms. The van der Waals surface area contributed by atoms with Crippen molar-refractivity contribution in [1.29, 1.82) is 0 Å². The molecule has 0 amide bonds. The Bertz CT molecular complexity index is 371. The van der Waals surface area contributed by atoms with Gasteiger partial charge in [0, 0.05) is 18.0 Å². The van der Waals surface area contributed by atoms with Crippen molar-refractivity contribution in [3.05, 3.63) is 10.6 Å². The summed E-state index contributed by atoms with van der Waals surface area (Å²) < 4.78 is 42.7. The predicted octanol–water partition coefficient (Wildman–Crippen LogP) is 2.31. The van der Waals surface area contributed by atoms with Gasteiger partial charge < -0.3 is 9.64 Å². The van der Waals surface area contributed by atoms with Gasteiger partial charge in [-0.3, -0.25) is 0 Å². The lowest BCUT2D eigenvalue weighted by atomic mass is 10.4. The van der Waals surface area contributed by atoms with Crippen molar-refractivity contribution in [2.75, 3.05) is 31.2 Å². The first-order chi connectivity index (χ1) is 7.48. The number of morpholine rings is 1. The largest absolute Gasteiger partial charge is 0.434 e. The van der Waals surface area contributed by atoms with Crippen molar-refractivity contribution < 1.29 is 17.9 Å². The molecule has 1 saturated heterocycles. The predicted molar refractivity (Wildman–Crippen MR) is 54.9 cm³/mol. The smallest absolute Gasteiger partial charge is 0.378 e. The minimum absolute atomic E-state index is 0.217. The van der Waals surface area contributed by atoms with Crippen molar-refractivity contribution in [1.82, 2.24) is 4.98 Å². The van der Waals surface area contributed by atoms with Crippen molar-refractivity contribution in [3.8, 4) is 0 Å². The third kappa shape index (κ3) is 2.30. The maximum atomic E-state index is 12.5. The number of alkyl halides is 3.